The van der Waals surface area contributed by atoms with Crippen molar-refractivity contribution < 1.29 is 28.3 Å². The van der Waals surface area contributed by atoms with Crippen LogP contribution in [0.25, 0.3) is 0 Å². The largest absolute Gasteiger partial charge is 0.515 e. The topological polar surface area (TPSA) is 91.1 Å². The molecule has 116 valence electrons. The molecule has 0 bridgehead atoms. The minimum Gasteiger partial charge on any atom is -0.453 e. The third kappa shape index (κ3) is 3.65. The average molecular weight is 298 g/mol. The molecule has 0 fully saturated rings. The minimum absolute atomic E-state index is 0.0868. The Morgan fingerprint density at radius 2 is 2.05 bits per heavy atom. The summed E-state index contributed by atoms with van der Waals surface area (Å²) in [6.45, 7) is 5.88. The Bertz CT molecular complexity index is 545. The number of ether oxygens (including phenoxy) is 3. The van der Waals surface area contributed by atoms with Gasteiger partial charge >= 0.3 is 12.2 Å². The summed E-state index contributed by atoms with van der Waals surface area (Å²) < 4.78 is 19.9. The summed E-state index contributed by atoms with van der Waals surface area (Å²) in [4.78, 5) is 24.6. The Morgan fingerprint density at radius 1 is 1.33 bits per heavy atom. The highest BCUT2D eigenvalue weighted by Crippen LogP contribution is 2.28. The van der Waals surface area contributed by atoms with Crippen LogP contribution in [0, 0.1) is 0 Å². The monoisotopic (exact) mass is 298 g/mol. The van der Waals surface area contributed by atoms with Crippen LogP contribution in [-0.2, 0) is 22.4 Å². The molecule has 0 aromatic carbocycles. The van der Waals surface area contributed by atoms with Gasteiger partial charge in [0.15, 0.2) is 5.76 Å². The molecule has 8 nitrogen and oxygen atoms in total. The lowest BCUT2D eigenvalue weighted by Crippen LogP contribution is -2.35. The maximum atomic E-state index is 11.6. The second-order valence-electron chi connectivity index (χ2n) is 5.60. The molecule has 1 aliphatic heterocycles. The number of nitrogens with zero attached hydrogens (tertiary/aromatic N) is 2. The molecule has 0 unspecified atom stereocenters. The fraction of sp³-hybridized carbons (Fsp3) is 0.615. The van der Waals surface area contributed by atoms with Crippen LogP contribution in [0.5, 0.6) is 5.88 Å². The number of aromatic nitrogens is 1. The third-order valence-corrected chi connectivity index (χ3v) is 2.80. The van der Waals surface area contributed by atoms with E-state index in [0.717, 1.165) is 0 Å². The van der Waals surface area contributed by atoms with Gasteiger partial charge in [-0.2, -0.15) is 0 Å². The van der Waals surface area contributed by atoms with Crippen molar-refractivity contribution in [2.45, 2.75) is 39.3 Å². The first-order valence-electron chi connectivity index (χ1n) is 6.51. The zero-order chi connectivity index (χ0) is 15.6. The van der Waals surface area contributed by atoms with Crippen molar-refractivity contribution in [1.29, 1.82) is 0 Å². The van der Waals surface area contributed by atoms with Crippen molar-refractivity contribution in [3.63, 3.8) is 0 Å². The summed E-state index contributed by atoms with van der Waals surface area (Å²) >= 11 is 0. The minimum atomic E-state index is -0.839. The first kappa shape index (κ1) is 15.1. The van der Waals surface area contributed by atoms with Crippen molar-refractivity contribution in [2.75, 3.05) is 13.7 Å². The number of amides is 1. The number of fused-ring (bicyclic) bond motifs is 1. The molecule has 0 aliphatic carbocycles. The highest BCUT2D eigenvalue weighted by Gasteiger charge is 2.30. The molecule has 0 radical (unpaired) electrons. The van der Waals surface area contributed by atoms with E-state index in [2.05, 4.69) is 9.89 Å². The van der Waals surface area contributed by atoms with E-state index in [4.69, 9.17) is 14.0 Å². The number of rotatable bonds is 1. The van der Waals surface area contributed by atoms with Gasteiger partial charge in [0.25, 0.3) is 5.88 Å². The molecule has 1 aromatic heterocycles. The Kier molecular flexibility index (Phi) is 4.06. The SMILES string of the molecule is COC(=O)N1CCc2c(OC(=O)OC(C)(C)C)noc2C1. The lowest BCUT2D eigenvalue weighted by atomic mass is 10.1. The molecule has 0 N–H and O–H groups in total. The Hall–Kier alpha value is -2.25. The molecule has 2 heterocycles. The fourth-order valence-corrected chi connectivity index (χ4v) is 1.91. The molecule has 1 aromatic rings. The van der Waals surface area contributed by atoms with Gasteiger partial charge in [-0.3, -0.25) is 0 Å². The molecule has 1 amide bonds. The van der Waals surface area contributed by atoms with Gasteiger partial charge in [-0.25, -0.2) is 9.59 Å². The third-order valence-electron chi connectivity index (χ3n) is 2.80. The molecule has 0 spiro atoms. The summed E-state index contributed by atoms with van der Waals surface area (Å²) in [5.74, 6) is 0.564. The number of hydrogen-bond donors (Lipinski definition) is 0. The van der Waals surface area contributed by atoms with Crippen LogP contribution < -0.4 is 4.74 Å². The molecular formula is C13H18N2O6. The molecular weight excluding hydrogens is 280 g/mol. The molecule has 0 saturated heterocycles. The van der Waals surface area contributed by atoms with Gasteiger partial charge in [0.2, 0.25) is 0 Å². The van der Waals surface area contributed by atoms with E-state index >= 15 is 0 Å². The summed E-state index contributed by atoms with van der Waals surface area (Å²) in [5.41, 5.74) is 0.0174. The van der Waals surface area contributed by atoms with E-state index in [1.165, 1.54) is 12.0 Å². The Labute approximate surface area is 121 Å². The van der Waals surface area contributed by atoms with Gasteiger partial charge in [-0.15, -0.1) is 0 Å². The molecule has 0 atom stereocenters. The maximum absolute atomic E-state index is 11.6. The van der Waals surface area contributed by atoms with Gasteiger partial charge in [0, 0.05) is 6.54 Å². The van der Waals surface area contributed by atoms with E-state index in [0.29, 0.717) is 24.3 Å². The molecule has 0 saturated carbocycles. The van der Waals surface area contributed by atoms with Crippen molar-refractivity contribution in [3.8, 4) is 5.88 Å². The molecule has 2 rings (SSSR count). The first-order valence-corrected chi connectivity index (χ1v) is 6.51. The van der Waals surface area contributed by atoms with Crippen LogP contribution in [0.1, 0.15) is 32.1 Å². The van der Waals surface area contributed by atoms with Crippen LogP contribution in [0.4, 0.5) is 9.59 Å². The van der Waals surface area contributed by atoms with Gasteiger partial charge in [-0.1, -0.05) is 0 Å². The van der Waals surface area contributed by atoms with E-state index in [9.17, 15) is 9.59 Å². The normalized spacial score (nSPS) is 14.4. The molecule has 1 aliphatic rings. The Morgan fingerprint density at radius 3 is 2.67 bits per heavy atom. The van der Waals surface area contributed by atoms with Gasteiger partial charge < -0.3 is 23.6 Å². The van der Waals surface area contributed by atoms with E-state index in [1.807, 2.05) is 0 Å². The van der Waals surface area contributed by atoms with E-state index in [1.54, 1.807) is 20.8 Å². The number of carbonyl (C=O) groups is 2. The molecule has 8 heteroatoms. The second-order valence-corrected chi connectivity index (χ2v) is 5.60. The average Bonchev–Trinajstić information content (AvgIpc) is 2.78. The number of hydrogen-bond acceptors (Lipinski definition) is 7. The van der Waals surface area contributed by atoms with Crippen molar-refractivity contribution in [3.05, 3.63) is 11.3 Å². The maximum Gasteiger partial charge on any atom is 0.515 e. The highest BCUT2D eigenvalue weighted by atomic mass is 16.7. The number of methoxy groups -OCH3 is 1. The van der Waals surface area contributed by atoms with Gasteiger partial charge in [0.05, 0.1) is 19.2 Å². The number of carbonyl (C=O) groups excluding carboxylic acids is 2. The molecule has 21 heavy (non-hydrogen) atoms. The Balaban J connectivity index is 2.05. The zero-order valence-corrected chi connectivity index (χ0v) is 12.5. The second kappa shape index (κ2) is 5.63. The predicted octanol–water partition coefficient (Wildman–Crippen LogP) is 2.11. The summed E-state index contributed by atoms with van der Waals surface area (Å²) in [5, 5.41) is 3.71. The quantitative estimate of drug-likeness (QED) is 0.733. The first-order chi connectivity index (χ1) is 9.80. The lowest BCUT2D eigenvalue weighted by molar-refractivity contribution is 0.0188. The summed E-state index contributed by atoms with van der Waals surface area (Å²) in [7, 11) is 1.31. The lowest BCUT2D eigenvalue weighted by Gasteiger charge is -2.24. The van der Waals surface area contributed by atoms with Crippen molar-refractivity contribution in [1.82, 2.24) is 10.1 Å². The van der Waals surface area contributed by atoms with Crippen LogP contribution >= 0.6 is 0 Å². The smallest absolute Gasteiger partial charge is 0.453 e. The predicted molar refractivity (Wildman–Crippen MR) is 69.9 cm³/mol. The van der Waals surface area contributed by atoms with Gasteiger partial charge in [-0.05, 0) is 32.3 Å². The zero-order valence-electron chi connectivity index (χ0n) is 12.5. The van der Waals surface area contributed by atoms with Crippen molar-refractivity contribution >= 4 is 12.2 Å². The van der Waals surface area contributed by atoms with Crippen LogP contribution in [0.15, 0.2) is 4.52 Å². The van der Waals surface area contributed by atoms with Crippen LogP contribution in [-0.4, -0.2) is 41.6 Å². The van der Waals surface area contributed by atoms with E-state index < -0.39 is 17.8 Å². The highest BCUT2D eigenvalue weighted by molar-refractivity contribution is 5.68. The van der Waals surface area contributed by atoms with Crippen LogP contribution in [0.3, 0.4) is 0 Å². The van der Waals surface area contributed by atoms with Gasteiger partial charge in [0.1, 0.15) is 5.60 Å². The van der Waals surface area contributed by atoms with E-state index in [-0.39, 0.29) is 12.4 Å². The fourth-order valence-electron chi connectivity index (χ4n) is 1.91. The summed E-state index contributed by atoms with van der Waals surface area (Å²) in [6, 6.07) is 0. The summed E-state index contributed by atoms with van der Waals surface area (Å²) in [6.07, 6.45) is -0.813. The van der Waals surface area contributed by atoms with Crippen molar-refractivity contribution in [2.24, 2.45) is 0 Å². The van der Waals surface area contributed by atoms with Crippen LogP contribution in [0.2, 0.25) is 0 Å². The standard InChI is InChI=1S/C13H18N2O6/c1-13(2,3)20-12(17)19-10-8-5-6-15(11(16)18-4)7-9(8)21-14-10/h5-7H2,1-4H3.